The molecule has 1 aromatic rings. The summed E-state index contributed by atoms with van der Waals surface area (Å²) in [6.45, 7) is 1.53. The molecule has 2 saturated heterocycles. The Morgan fingerprint density at radius 1 is 1.35 bits per heavy atom. The molecule has 0 aliphatic carbocycles. The Hall–Kier alpha value is -2.28. The van der Waals surface area contributed by atoms with Crippen LogP contribution in [-0.4, -0.2) is 62.8 Å². The Morgan fingerprint density at radius 2 is 2.17 bits per heavy atom. The number of fused-ring (bicyclic) bond motifs is 3. The topological polar surface area (TPSA) is 77.1 Å². The second-order valence-corrected chi connectivity index (χ2v) is 5.71. The van der Waals surface area contributed by atoms with Gasteiger partial charge in [-0.25, -0.2) is 0 Å². The van der Waals surface area contributed by atoms with Gasteiger partial charge in [0.15, 0.2) is 6.61 Å². The fourth-order valence-electron chi connectivity index (χ4n) is 2.76. The zero-order valence-corrected chi connectivity index (χ0v) is 13.0. The van der Waals surface area contributed by atoms with Gasteiger partial charge in [0.2, 0.25) is 5.91 Å². The molecule has 23 heavy (non-hydrogen) atoms. The van der Waals surface area contributed by atoms with Crippen molar-refractivity contribution in [2.75, 3.05) is 40.0 Å². The third-order valence-corrected chi connectivity index (χ3v) is 3.99. The summed E-state index contributed by atoms with van der Waals surface area (Å²) >= 11 is 0. The van der Waals surface area contributed by atoms with E-state index in [9.17, 15) is 9.59 Å². The number of nitrogens with one attached hydrogen (secondary N) is 1. The molecule has 0 saturated carbocycles. The van der Waals surface area contributed by atoms with Crippen molar-refractivity contribution < 1.29 is 23.8 Å². The van der Waals surface area contributed by atoms with Gasteiger partial charge < -0.3 is 24.4 Å². The van der Waals surface area contributed by atoms with Crippen molar-refractivity contribution in [3.05, 3.63) is 24.3 Å². The largest absolute Gasteiger partial charge is 0.497 e. The molecule has 0 radical (unpaired) electrons. The smallest absolute Gasteiger partial charge is 0.260 e. The third kappa shape index (κ3) is 3.73. The van der Waals surface area contributed by atoms with E-state index in [2.05, 4.69) is 5.32 Å². The van der Waals surface area contributed by atoms with Crippen LogP contribution in [0.15, 0.2) is 24.3 Å². The normalized spacial score (nSPS) is 23.7. The highest BCUT2D eigenvalue weighted by Crippen LogP contribution is 2.19. The van der Waals surface area contributed by atoms with Crippen LogP contribution in [0.5, 0.6) is 11.5 Å². The number of nitrogens with zero attached hydrogens (tertiary/aromatic N) is 1. The zero-order chi connectivity index (χ0) is 16.2. The average Bonchev–Trinajstić information content (AvgIpc) is 2.81. The molecule has 1 N–H and O–H groups in total. The molecule has 2 bridgehead atoms. The lowest BCUT2D eigenvalue weighted by Crippen LogP contribution is -2.45. The number of ether oxygens (including phenoxy) is 3. The number of carbonyl (C=O) groups excluding carboxylic acids is 2. The van der Waals surface area contributed by atoms with E-state index in [1.54, 1.807) is 30.2 Å². The summed E-state index contributed by atoms with van der Waals surface area (Å²) in [5.41, 5.74) is 0. The van der Waals surface area contributed by atoms with Gasteiger partial charge in [-0.1, -0.05) is 6.07 Å². The quantitative estimate of drug-likeness (QED) is 0.848. The van der Waals surface area contributed by atoms with Gasteiger partial charge in [0, 0.05) is 19.2 Å². The van der Waals surface area contributed by atoms with E-state index in [0.29, 0.717) is 37.8 Å². The first kappa shape index (κ1) is 15.6. The van der Waals surface area contributed by atoms with E-state index in [-0.39, 0.29) is 30.4 Å². The molecule has 2 aliphatic heterocycles. The molecule has 0 spiro atoms. The Kier molecular flexibility index (Phi) is 4.66. The number of rotatable bonds is 4. The zero-order valence-electron chi connectivity index (χ0n) is 13.0. The van der Waals surface area contributed by atoms with Crippen molar-refractivity contribution in [1.82, 2.24) is 10.2 Å². The summed E-state index contributed by atoms with van der Waals surface area (Å²) in [7, 11) is 1.58. The summed E-state index contributed by atoms with van der Waals surface area (Å²) in [5.74, 6) is 0.748. The molecule has 7 nitrogen and oxygen atoms in total. The third-order valence-electron chi connectivity index (χ3n) is 3.99. The number of hydrogen-bond donors (Lipinski definition) is 1. The first-order valence-electron chi connectivity index (χ1n) is 7.58. The number of hydrogen-bond acceptors (Lipinski definition) is 5. The molecule has 2 heterocycles. The fraction of sp³-hybridized carbons (Fsp3) is 0.500. The van der Waals surface area contributed by atoms with Crippen molar-refractivity contribution in [1.29, 1.82) is 0 Å². The van der Waals surface area contributed by atoms with Crippen LogP contribution in [0.3, 0.4) is 0 Å². The maximum atomic E-state index is 12.4. The van der Waals surface area contributed by atoms with Crippen molar-refractivity contribution >= 4 is 11.8 Å². The molecule has 2 fully saturated rings. The van der Waals surface area contributed by atoms with Crippen LogP contribution in [0.2, 0.25) is 0 Å². The van der Waals surface area contributed by atoms with Crippen LogP contribution >= 0.6 is 0 Å². The molecule has 7 heteroatoms. The molecule has 1 aromatic carbocycles. The van der Waals surface area contributed by atoms with Crippen molar-refractivity contribution in [3.8, 4) is 11.5 Å². The predicted molar refractivity (Wildman–Crippen MR) is 81.3 cm³/mol. The van der Waals surface area contributed by atoms with Gasteiger partial charge in [-0.05, 0) is 12.1 Å². The molecular formula is C16H20N2O5. The summed E-state index contributed by atoms with van der Waals surface area (Å²) in [6, 6.07) is 6.95. The van der Waals surface area contributed by atoms with Crippen LogP contribution in [0, 0.1) is 5.92 Å². The first-order chi connectivity index (χ1) is 11.2. The SMILES string of the molecule is COc1cccc(OCC(=O)N2C[C@H]3COC[C@@H](C2)C(=O)N3)c1. The summed E-state index contributed by atoms with van der Waals surface area (Å²) < 4.78 is 16.1. The van der Waals surface area contributed by atoms with Crippen molar-refractivity contribution in [3.63, 3.8) is 0 Å². The second-order valence-electron chi connectivity index (χ2n) is 5.71. The van der Waals surface area contributed by atoms with Crippen molar-refractivity contribution in [2.24, 2.45) is 5.92 Å². The van der Waals surface area contributed by atoms with Gasteiger partial charge >= 0.3 is 0 Å². The number of benzene rings is 1. The fourth-order valence-corrected chi connectivity index (χ4v) is 2.76. The molecule has 2 aliphatic rings. The maximum Gasteiger partial charge on any atom is 0.260 e. The minimum absolute atomic E-state index is 0.0449. The Labute approximate surface area is 134 Å². The lowest BCUT2D eigenvalue weighted by Gasteiger charge is -2.27. The average molecular weight is 320 g/mol. The van der Waals surface area contributed by atoms with E-state index >= 15 is 0 Å². The predicted octanol–water partition coefficient (Wildman–Crippen LogP) is 0.0474. The second kappa shape index (κ2) is 6.87. The minimum Gasteiger partial charge on any atom is -0.497 e. The van der Waals surface area contributed by atoms with Gasteiger partial charge in [0.1, 0.15) is 11.5 Å². The molecule has 0 unspecified atom stereocenters. The number of amides is 2. The standard InChI is InChI=1S/C16H20N2O5/c1-21-13-3-2-4-14(5-13)23-10-15(19)18-6-11-8-22-9-12(7-18)17-16(11)20/h2-5,11-12H,6-10H2,1H3,(H,17,20)/t11-,12+/m1/s1. The lowest BCUT2D eigenvalue weighted by molar-refractivity contribution is -0.135. The van der Waals surface area contributed by atoms with Crippen LogP contribution in [0.4, 0.5) is 0 Å². The molecule has 2 amide bonds. The number of methoxy groups -OCH3 is 1. The van der Waals surface area contributed by atoms with Gasteiger partial charge in [-0.3, -0.25) is 9.59 Å². The highest BCUT2D eigenvalue weighted by atomic mass is 16.5. The summed E-state index contributed by atoms with van der Waals surface area (Å²) in [4.78, 5) is 26.0. The molecule has 0 aromatic heterocycles. The van der Waals surface area contributed by atoms with Gasteiger partial charge in [0.25, 0.3) is 5.91 Å². The van der Waals surface area contributed by atoms with E-state index < -0.39 is 0 Å². The highest BCUT2D eigenvalue weighted by molar-refractivity contribution is 5.83. The van der Waals surface area contributed by atoms with Crippen LogP contribution in [0.25, 0.3) is 0 Å². The van der Waals surface area contributed by atoms with Crippen molar-refractivity contribution in [2.45, 2.75) is 6.04 Å². The first-order valence-corrected chi connectivity index (χ1v) is 7.58. The van der Waals surface area contributed by atoms with Crippen LogP contribution in [-0.2, 0) is 14.3 Å². The Balaban J connectivity index is 1.60. The maximum absolute atomic E-state index is 12.4. The van der Waals surface area contributed by atoms with Gasteiger partial charge in [0.05, 0.1) is 32.3 Å². The van der Waals surface area contributed by atoms with Gasteiger partial charge in [-0.15, -0.1) is 0 Å². The van der Waals surface area contributed by atoms with Crippen LogP contribution < -0.4 is 14.8 Å². The van der Waals surface area contributed by atoms with E-state index in [1.165, 1.54) is 0 Å². The Morgan fingerprint density at radius 3 is 3.00 bits per heavy atom. The van der Waals surface area contributed by atoms with E-state index in [0.717, 1.165) is 0 Å². The lowest BCUT2D eigenvalue weighted by atomic mass is 10.1. The van der Waals surface area contributed by atoms with Gasteiger partial charge in [-0.2, -0.15) is 0 Å². The highest BCUT2D eigenvalue weighted by Gasteiger charge is 2.35. The summed E-state index contributed by atoms with van der Waals surface area (Å²) in [5, 5.41) is 2.90. The number of carbonyl (C=O) groups is 2. The molecular weight excluding hydrogens is 300 g/mol. The minimum atomic E-state index is -0.316. The summed E-state index contributed by atoms with van der Waals surface area (Å²) in [6.07, 6.45) is 0. The molecule has 2 atom stereocenters. The monoisotopic (exact) mass is 320 g/mol. The molecule has 3 rings (SSSR count). The Bertz CT molecular complexity index is 592. The van der Waals surface area contributed by atoms with E-state index in [1.807, 2.05) is 6.07 Å². The van der Waals surface area contributed by atoms with Crippen LogP contribution in [0.1, 0.15) is 0 Å². The van der Waals surface area contributed by atoms with E-state index in [4.69, 9.17) is 14.2 Å². The molecule has 124 valence electrons.